The SMILES string of the molecule is Cc1cc(C)cc(C(=O)N2CCC(=O)CC2C(O)c2ccccc2)c1. The van der Waals surface area contributed by atoms with Gasteiger partial charge >= 0.3 is 0 Å². The van der Waals surface area contributed by atoms with Crippen molar-refractivity contribution in [2.24, 2.45) is 0 Å². The molecule has 2 aromatic carbocycles. The van der Waals surface area contributed by atoms with Crippen LogP contribution in [0.4, 0.5) is 0 Å². The van der Waals surface area contributed by atoms with E-state index in [0.29, 0.717) is 18.5 Å². The number of amides is 1. The van der Waals surface area contributed by atoms with Gasteiger partial charge in [-0.25, -0.2) is 0 Å². The summed E-state index contributed by atoms with van der Waals surface area (Å²) in [7, 11) is 0. The van der Waals surface area contributed by atoms with E-state index in [1.165, 1.54) is 0 Å². The number of rotatable bonds is 3. The van der Waals surface area contributed by atoms with E-state index in [-0.39, 0.29) is 18.1 Å². The van der Waals surface area contributed by atoms with Gasteiger partial charge in [0.1, 0.15) is 5.78 Å². The molecule has 0 spiro atoms. The molecule has 0 radical (unpaired) electrons. The summed E-state index contributed by atoms with van der Waals surface area (Å²) in [5.74, 6) is -0.0382. The molecule has 2 aromatic rings. The predicted octanol–water partition coefficient (Wildman–Crippen LogP) is 3.21. The average Bonchev–Trinajstić information content (AvgIpc) is 2.60. The Morgan fingerprint density at radius 3 is 2.40 bits per heavy atom. The number of nitrogens with zero attached hydrogens (tertiary/aromatic N) is 1. The lowest BCUT2D eigenvalue weighted by molar-refractivity contribution is -0.124. The standard InChI is InChI=1S/C21H23NO3/c1-14-10-15(2)12-17(11-14)21(25)22-9-8-18(23)13-19(22)20(24)16-6-4-3-5-7-16/h3-7,10-12,19-20,24H,8-9,13H2,1-2H3. The molecule has 1 aliphatic rings. The number of benzene rings is 2. The normalized spacial score (nSPS) is 18.9. The summed E-state index contributed by atoms with van der Waals surface area (Å²) in [4.78, 5) is 26.7. The minimum absolute atomic E-state index is 0.0875. The zero-order chi connectivity index (χ0) is 18.0. The molecule has 1 aliphatic heterocycles. The van der Waals surface area contributed by atoms with E-state index < -0.39 is 12.1 Å². The summed E-state index contributed by atoms with van der Waals surface area (Å²) >= 11 is 0. The maximum absolute atomic E-state index is 13.1. The van der Waals surface area contributed by atoms with Crippen molar-refractivity contribution in [2.75, 3.05) is 6.54 Å². The molecule has 25 heavy (non-hydrogen) atoms. The smallest absolute Gasteiger partial charge is 0.254 e. The molecular weight excluding hydrogens is 314 g/mol. The van der Waals surface area contributed by atoms with Crippen molar-refractivity contribution in [1.29, 1.82) is 0 Å². The Morgan fingerprint density at radius 1 is 1.12 bits per heavy atom. The third-order valence-corrected chi connectivity index (χ3v) is 4.70. The maximum Gasteiger partial charge on any atom is 0.254 e. The lowest BCUT2D eigenvalue weighted by Crippen LogP contribution is -2.49. The van der Waals surface area contributed by atoms with Crippen molar-refractivity contribution in [3.63, 3.8) is 0 Å². The van der Waals surface area contributed by atoms with Crippen LogP contribution in [0.1, 0.15) is 46.0 Å². The van der Waals surface area contributed by atoms with E-state index >= 15 is 0 Å². The van der Waals surface area contributed by atoms with Gasteiger partial charge in [0.25, 0.3) is 5.91 Å². The van der Waals surface area contributed by atoms with Crippen molar-refractivity contribution in [2.45, 2.75) is 38.8 Å². The highest BCUT2D eigenvalue weighted by Gasteiger charge is 2.36. The van der Waals surface area contributed by atoms with Gasteiger partial charge in [0.2, 0.25) is 0 Å². The van der Waals surface area contributed by atoms with Crippen molar-refractivity contribution >= 4 is 11.7 Å². The number of hydrogen-bond acceptors (Lipinski definition) is 3. The quantitative estimate of drug-likeness (QED) is 0.936. The first kappa shape index (κ1) is 17.4. The van der Waals surface area contributed by atoms with Crippen LogP contribution in [-0.2, 0) is 4.79 Å². The van der Waals surface area contributed by atoms with Gasteiger partial charge in [-0.1, -0.05) is 47.5 Å². The number of carbonyl (C=O) groups excluding carboxylic acids is 2. The molecule has 0 aromatic heterocycles. The molecule has 4 nitrogen and oxygen atoms in total. The van der Waals surface area contributed by atoms with Gasteiger partial charge < -0.3 is 10.0 Å². The zero-order valence-corrected chi connectivity index (χ0v) is 14.6. The van der Waals surface area contributed by atoms with Crippen LogP contribution >= 0.6 is 0 Å². The first-order valence-corrected chi connectivity index (χ1v) is 8.59. The Morgan fingerprint density at radius 2 is 1.76 bits per heavy atom. The van der Waals surface area contributed by atoms with Crippen LogP contribution in [0.5, 0.6) is 0 Å². The summed E-state index contributed by atoms with van der Waals surface area (Å²) in [6, 6.07) is 14.4. The van der Waals surface area contributed by atoms with Gasteiger partial charge in [0.15, 0.2) is 0 Å². The van der Waals surface area contributed by atoms with Crippen LogP contribution in [0, 0.1) is 13.8 Å². The molecule has 1 fully saturated rings. The molecule has 2 unspecified atom stereocenters. The molecule has 4 heteroatoms. The molecular formula is C21H23NO3. The van der Waals surface area contributed by atoms with Gasteiger partial charge in [-0.2, -0.15) is 0 Å². The second kappa shape index (κ2) is 7.19. The van der Waals surface area contributed by atoms with Crippen LogP contribution in [0.2, 0.25) is 0 Å². The van der Waals surface area contributed by atoms with Gasteiger partial charge in [0.05, 0.1) is 12.1 Å². The molecule has 1 heterocycles. The largest absolute Gasteiger partial charge is 0.386 e. The van der Waals surface area contributed by atoms with E-state index in [9.17, 15) is 14.7 Å². The molecule has 130 valence electrons. The number of piperidine rings is 1. The number of aliphatic hydroxyl groups excluding tert-OH is 1. The number of Topliss-reactive ketones (excluding diaryl/α,β-unsaturated/α-hetero) is 1. The van der Waals surface area contributed by atoms with Crippen molar-refractivity contribution < 1.29 is 14.7 Å². The number of ketones is 1. The molecule has 0 bridgehead atoms. The molecule has 1 amide bonds. The molecule has 0 saturated carbocycles. The Bertz CT molecular complexity index is 765. The number of aryl methyl sites for hydroxylation is 2. The Kier molecular flexibility index (Phi) is 5.00. The Balaban J connectivity index is 1.91. The van der Waals surface area contributed by atoms with Crippen molar-refractivity contribution in [3.8, 4) is 0 Å². The van der Waals surface area contributed by atoms with E-state index in [1.807, 2.05) is 62.4 Å². The maximum atomic E-state index is 13.1. The molecule has 3 rings (SSSR count). The Hall–Kier alpha value is -2.46. The molecule has 0 aliphatic carbocycles. The monoisotopic (exact) mass is 337 g/mol. The first-order valence-electron chi connectivity index (χ1n) is 8.59. The zero-order valence-electron chi connectivity index (χ0n) is 14.6. The summed E-state index contributed by atoms with van der Waals surface area (Å²) in [5, 5.41) is 10.8. The topological polar surface area (TPSA) is 57.6 Å². The minimum Gasteiger partial charge on any atom is -0.386 e. The average molecular weight is 337 g/mol. The lowest BCUT2D eigenvalue weighted by Gasteiger charge is -2.38. The van der Waals surface area contributed by atoms with E-state index in [2.05, 4.69) is 0 Å². The third-order valence-electron chi connectivity index (χ3n) is 4.70. The molecule has 1 N–H and O–H groups in total. The number of carbonyl (C=O) groups is 2. The predicted molar refractivity (Wildman–Crippen MR) is 96.4 cm³/mol. The highest BCUT2D eigenvalue weighted by atomic mass is 16.3. The van der Waals surface area contributed by atoms with Gasteiger partial charge in [-0.3, -0.25) is 9.59 Å². The van der Waals surface area contributed by atoms with E-state index in [0.717, 1.165) is 16.7 Å². The van der Waals surface area contributed by atoms with Crippen LogP contribution in [0.3, 0.4) is 0 Å². The fourth-order valence-corrected chi connectivity index (χ4v) is 3.53. The van der Waals surface area contributed by atoms with E-state index in [1.54, 1.807) is 4.90 Å². The number of likely N-dealkylation sites (tertiary alicyclic amines) is 1. The fourth-order valence-electron chi connectivity index (χ4n) is 3.53. The van der Waals surface area contributed by atoms with Crippen LogP contribution < -0.4 is 0 Å². The second-order valence-corrected chi connectivity index (χ2v) is 6.79. The second-order valence-electron chi connectivity index (χ2n) is 6.79. The summed E-state index contributed by atoms with van der Waals surface area (Å²) in [6.07, 6.45) is -0.346. The van der Waals surface area contributed by atoms with Crippen LogP contribution in [-0.4, -0.2) is 34.3 Å². The highest BCUT2D eigenvalue weighted by molar-refractivity contribution is 5.96. The van der Waals surface area contributed by atoms with Crippen molar-refractivity contribution in [1.82, 2.24) is 4.90 Å². The summed E-state index contributed by atoms with van der Waals surface area (Å²) in [5.41, 5.74) is 3.38. The summed E-state index contributed by atoms with van der Waals surface area (Å²) < 4.78 is 0. The Labute approximate surface area is 148 Å². The number of hydrogen-bond donors (Lipinski definition) is 1. The minimum atomic E-state index is -0.875. The lowest BCUT2D eigenvalue weighted by atomic mass is 9.91. The molecule has 1 saturated heterocycles. The van der Waals surface area contributed by atoms with Gasteiger partial charge in [-0.15, -0.1) is 0 Å². The first-order chi connectivity index (χ1) is 12.0. The van der Waals surface area contributed by atoms with Crippen LogP contribution in [0.25, 0.3) is 0 Å². The summed E-state index contributed by atoms with van der Waals surface area (Å²) in [6.45, 7) is 4.26. The fraction of sp³-hybridized carbons (Fsp3) is 0.333. The van der Waals surface area contributed by atoms with Gasteiger partial charge in [0, 0.05) is 24.9 Å². The van der Waals surface area contributed by atoms with Gasteiger partial charge in [-0.05, 0) is 31.5 Å². The third kappa shape index (κ3) is 3.80. The molecule has 2 atom stereocenters. The highest BCUT2D eigenvalue weighted by Crippen LogP contribution is 2.29. The van der Waals surface area contributed by atoms with Crippen molar-refractivity contribution in [3.05, 3.63) is 70.8 Å². The van der Waals surface area contributed by atoms with Crippen LogP contribution in [0.15, 0.2) is 48.5 Å². The van der Waals surface area contributed by atoms with E-state index in [4.69, 9.17) is 0 Å². The number of aliphatic hydroxyl groups is 1.